The van der Waals surface area contributed by atoms with Crippen LogP contribution in [0.15, 0.2) is 54.6 Å². The SMILES string of the molecule is O=CN[C@H](CC(=O)O)c1cccc(Oc2ccccc2)c1. The molecule has 0 saturated carbocycles. The van der Waals surface area contributed by atoms with Gasteiger partial charge in [0, 0.05) is 0 Å². The van der Waals surface area contributed by atoms with Crippen molar-refractivity contribution >= 4 is 12.4 Å². The molecule has 5 heteroatoms. The van der Waals surface area contributed by atoms with Crippen molar-refractivity contribution in [2.75, 3.05) is 0 Å². The van der Waals surface area contributed by atoms with Crippen molar-refractivity contribution in [2.24, 2.45) is 0 Å². The molecule has 2 aromatic carbocycles. The van der Waals surface area contributed by atoms with E-state index in [0.29, 0.717) is 23.5 Å². The van der Waals surface area contributed by atoms with Crippen molar-refractivity contribution in [2.45, 2.75) is 12.5 Å². The van der Waals surface area contributed by atoms with Crippen LogP contribution in [0.3, 0.4) is 0 Å². The summed E-state index contributed by atoms with van der Waals surface area (Å²) in [6.45, 7) is 0. The van der Waals surface area contributed by atoms with Crippen LogP contribution in [0.5, 0.6) is 11.5 Å². The van der Waals surface area contributed by atoms with Gasteiger partial charge >= 0.3 is 5.97 Å². The monoisotopic (exact) mass is 285 g/mol. The first kappa shape index (κ1) is 14.6. The number of hydrogen-bond acceptors (Lipinski definition) is 3. The zero-order valence-electron chi connectivity index (χ0n) is 11.2. The average Bonchev–Trinajstić information content (AvgIpc) is 2.48. The molecule has 0 aliphatic carbocycles. The molecule has 2 rings (SSSR count). The first-order valence-electron chi connectivity index (χ1n) is 6.43. The topological polar surface area (TPSA) is 75.6 Å². The van der Waals surface area contributed by atoms with Crippen LogP contribution < -0.4 is 10.1 Å². The molecule has 2 N–H and O–H groups in total. The van der Waals surface area contributed by atoms with E-state index in [2.05, 4.69) is 5.32 Å². The fourth-order valence-corrected chi connectivity index (χ4v) is 1.95. The van der Waals surface area contributed by atoms with Crippen LogP contribution in [0.25, 0.3) is 0 Å². The van der Waals surface area contributed by atoms with E-state index in [1.165, 1.54) is 0 Å². The molecule has 0 aliphatic heterocycles. The van der Waals surface area contributed by atoms with Crippen LogP contribution in [-0.4, -0.2) is 17.5 Å². The van der Waals surface area contributed by atoms with Crippen molar-refractivity contribution < 1.29 is 19.4 Å². The maximum absolute atomic E-state index is 10.8. The molecule has 1 amide bonds. The number of benzene rings is 2. The standard InChI is InChI=1S/C16H15NO4/c18-11-17-15(10-16(19)20)12-5-4-8-14(9-12)21-13-6-2-1-3-7-13/h1-9,11,15H,10H2,(H,17,18)(H,19,20)/t15-/m1/s1. The van der Waals surface area contributed by atoms with Crippen LogP contribution in [0.2, 0.25) is 0 Å². The number of ether oxygens (including phenoxy) is 1. The fraction of sp³-hybridized carbons (Fsp3) is 0.125. The number of aliphatic carboxylic acids is 1. The van der Waals surface area contributed by atoms with Gasteiger partial charge in [0.25, 0.3) is 0 Å². The van der Waals surface area contributed by atoms with E-state index < -0.39 is 12.0 Å². The van der Waals surface area contributed by atoms with Crippen LogP contribution >= 0.6 is 0 Å². The maximum atomic E-state index is 10.8. The van der Waals surface area contributed by atoms with Gasteiger partial charge in [0.2, 0.25) is 6.41 Å². The summed E-state index contributed by atoms with van der Waals surface area (Å²) >= 11 is 0. The molecule has 0 spiro atoms. The van der Waals surface area contributed by atoms with Gasteiger partial charge in [-0.3, -0.25) is 9.59 Å². The highest BCUT2D eigenvalue weighted by Crippen LogP contribution is 2.25. The second-order valence-electron chi connectivity index (χ2n) is 4.42. The molecule has 2 aromatic rings. The molecule has 0 aromatic heterocycles. The number of rotatable bonds is 7. The fourth-order valence-electron chi connectivity index (χ4n) is 1.95. The Morgan fingerprint density at radius 2 is 1.86 bits per heavy atom. The number of hydrogen-bond donors (Lipinski definition) is 2. The van der Waals surface area contributed by atoms with Crippen LogP contribution in [0.4, 0.5) is 0 Å². The highest BCUT2D eigenvalue weighted by Gasteiger charge is 2.15. The molecule has 5 nitrogen and oxygen atoms in total. The lowest BCUT2D eigenvalue weighted by molar-refractivity contribution is -0.137. The number of carbonyl (C=O) groups excluding carboxylic acids is 1. The highest BCUT2D eigenvalue weighted by molar-refractivity contribution is 5.68. The molecule has 1 atom stereocenters. The van der Waals surface area contributed by atoms with Crippen molar-refractivity contribution in [1.29, 1.82) is 0 Å². The Labute approximate surface area is 122 Å². The normalized spacial score (nSPS) is 11.4. The largest absolute Gasteiger partial charge is 0.481 e. The molecule has 0 radical (unpaired) electrons. The first-order chi connectivity index (χ1) is 10.2. The number of nitrogens with one attached hydrogen (secondary N) is 1. The first-order valence-corrected chi connectivity index (χ1v) is 6.43. The molecule has 0 heterocycles. The van der Waals surface area contributed by atoms with E-state index in [9.17, 15) is 9.59 Å². The Morgan fingerprint density at radius 1 is 1.14 bits per heavy atom. The summed E-state index contributed by atoms with van der Waals surface area (Å²) in [6, 6.07) is 15.7. The number of carboxylic acid groups (broad SMARTS) is 1. The molecular formula is C16H15NO4. The zero-order valence-corrected chi connectivity index (χ0v) is 11.2. The summed E-state index contributed by atoms with van der Waals surface area (Å²) in [5.74, 6) is 0.290. The molecule has 108 valence electrons. The second kappa shape index (κ2) is 7.09. The van der Waals surface area contributed by atoms with Crippen LogP contribution in [-0.2, 0) is 9.59 Å². The van der Waals surface area contributed by atoms with Crippen molar-refractivity contribution in [3.05, 3.63) is 60.2 Å². The third kappa shape index (κ3) is 4.35. The average molecular weight is 285 g/mol. The van der Waals surface area contributed by atoms with E-state index in [4.69, 9.17) is 9.84 Å². The Balaban J connectivity index is 2.19. The second-order valence-corrected chi connectivity index (χ2v) is 4.42. The Morgan fingerprint density at radius 3 is 2.52 bits per heavy atom. The van der Waals surface area contributed by atoms with Crippen molar-refractivity contribution in [1.82, 2.24) is 5.32 Å². The van der Waals surface area contributed by atoms with Gasteiger partial charge in [0.05, 0.1) is 12.5 Å². The minimum absolute atomic E-state index is 0.187. The van der Waals surface area contributed by atoms with Gasteiger partial charge in [-0.05, 0) is 29.8 Å². The lowest BCUT2D eigenvalue weighted by Crippen LogP contribution is -2.22. The summed E-state index contributed by atoms with van der Waals surface area (Å²) in [7, 11) is 0. The van der Waals surface area contributed by atoms with E-state index in [0.717, 1.165) is 0 Å². The summed E-state index contributed by atoms with van der Waals surface area (Å²) < 4.78 is 5.69. The van der Waals surface area contributed by atoms with Gasteiger partial charge < -0.3 is 15.2 Å². The smallest absolute Gasteiger partial charge is 0.305 e. The summed E-state index contributed by atoms with van der Waals surface area (Å²) in [4.78, 5) is 21.5. The highest BCUT2D eigenvalue weighted by atomic mass is 16.5. The third-order valence-corrected chi connectivity index (χ3v) is 2.89. The van der Waals surface area contributed by atoms with Gasteiger partial charge in [-0.1, -0.05) is 30.3 Å². The molecule has 21 heavy (non-hydrogen) atoms. The van der Waals surface area contributed by atoms with Gasteiger partial charge in [-0.2, -0.15) is 0 Å². The summed E-state index contributed by atoms with van der Waals surface area (Å²) in [6.07, 6.45) is 0.311. The molecule has 0 saturated heterocycles. The van der Waals surface area contributed by atoms with Gasteiger partial charge in [-0.25, -0.2) is 0 Å². The van der Waals surface area contributed by atoms with Crippen LogP contribution in [0, 0.1) is 0 Å². The number of para-hydroxylation sites is 1. The minimum atomic E-state index is -0.983. The lowest BCUT2D eigenvalue weighted by atomic mass is 10.0. The number of amides is 1. The molecule has 0 bridgehead atoms. The maximum Gasteiger partial charge on any atom is 0.305 e. The van der Waals surface area contributed by atoms with Gasteiger partial charge in [-0.15, -0.1) is 0 Å². The van der Waals surface area contributed by atoms with E-state index >= 15 is 0 Å². The van der Waals surface area contributed by atoms with Gasteiger partial charge in [0.15, 0.2) is 0 Å². The number of carboxylic acids is 1. The predicted molar refractivity (Wildman–Crippen MR) is 77.2 cm³/mol. The quantitative estimate of drug-likeness (QED) is 0.767. The zero-order chi connectivity index (χ0) is 15.1. The number of carbonyl (C=O) groups is 2. The van der Waals surface area contributed by atoms with E-state index in [-0.39, 0.29) is 6.42 Å². The van der Waals surface area contributed by atoms with Crippen molar-refractivity contribution in [3.8, 4) is 11.5 Å². The summed E-state index contributed by atoms with van der Waals surface area (Å²) in [5.41, 5.74) is 0.679. The molecular weight excluding hydrogens is 270 g/mol. The Hall–Kier alpha value is -2.82. The van der Waals surface area contributed by atoms with Crippen LogP contribution in [0.1, 0.15) is 18.0 Å². The predicted octanol–water partition coefficient (Wildman–Crippen LogP) is 2.74. The molecule has 0 unspecified atom stereocenters. The lowest BCUT2D eigenvalue weighted by Gasteiger charge is -2.15. The summed E-state index contributed by atoms with van der Waals surface area (Å²) in [5, 5.41) is 11.4. The van der Waals surface area contributed by atoms with E-state index in [1.807, 2.05) is 30.3 Å². The Bertz CT molecular complexity index is 613. The third-order valence-electron chi connectivity index (χ3n) is 2.89. The van der Waals surface area contributed by atoms with E-state index in [1.54, 1.807) is 24.3 Å². The Kier molecular flexibility index (Phi) is 4.93. The van der Waals surface area contributed by atoms with Gasteiger partial charge in [0.1, 0.15) is 11.5 Å². The minimum Gasteiger partial charge on any atom is -0.481 e. The molecule has 0 aliphatic rings. The van der Waals surface area contributed by atoms with Crippen molar-refractivity contribution in [3.63, 3.8) is 0 Å². The molecule has 0 fully saturated rings.